The molecule has 0 saturated heterocycles. The predicted octanol–water partition coefficient (Wildman–Crippen LogP) is 7.77. The van der Waals surface area contributed by atoms with Crippen molar-refractivity contribution in [1.29, 1.82) is 0 Å². The van der Waals surface area contributed by atoms with Gasteiger partial charge in [-0.15, -0.1) is 11.3 Å². The molecule has 0 bridgehead atoms. The summed E-state index contributed by atoms with van der Waals surface area (Å²) in [6.45, 7) is 4.44. The molecule has 0 amide bonds. The number of fused-ring (bicyclic) bond motifs is 6. The Labute approximate surface area is 167 Å². The van der Waals surface area contributed by atoms with Crippen LogP contribution in [0.25, 0.3) is 47.7 Å². The molecule has 0 aliphatic rings. The highest BCUT2D eigenvalue weighted by Crippen LogP contribution is 2.39. The van der Waals surface area contributed by atoms with Crippen molar-refractivity contribution in [1.82, 2.24) is 4.57 Å². The molecule has 0 aliphatic heterocycles. The second kappa shape index (κ2) is 5.70. The highest BCUT2D eigenvalue weighted by molar-refractivity contribution is 7.26. The third-order valence-corrected chi connectivity index (χ3v) is 7.13. The van der Waals surface area contributed by atoms with Crippen molar-refractivity contribution < 1.29 is 0 Å². The third kappa shape index (κ3) is 2.07. The van der Waals surface area contributed by atoms with Crippen molar-refractivity contribution >= 4 is 53.3 Å². The number of nitrogens with zero attached hydrogens (tertiary/aromatic N) is 1. The third-order valence-electron chi connectivity index (χ3n) is 5.81. The summed E-state index contributed by atoms with van der Waals surface area (Å²) in [5.74, 6) is 0. The first-order chi connectivity index (χ1) is 13.7. The number of benzene rings is 4. The molecule has 2 heteroatoms. The normalized spacial score (nSPS) is 11.9. The number of hydrogen-bond donors (Lipinski definition) is 0. The van der Waals surface area contributed by atoms with Crippen molar-refractivity contribution in [3.8, 4) is 5.69 Å². The van der Waals surface area contributed by atoms with Crippen molar-refractivity contribution in [2.75, 3.05) is 0 Å². The highest BCUT2D eigenvalue weighted by Gasteiger charge is 2.15. The molecule has 0 fully saturated rings. The lowest BCUT2D eigenvalue weighted by atomic mass is 10.1. The lowest BCUT2D eigenvalue weighted by Gasteiger charge is -2.10. The van der Waals surface area contributed by atoms with Gasteiger partial charge in [-0.1, -0.05) is 48.5 Å². The van der Waals surface area contributed by atoms with Crippen molar-refractivity contribution in [3.05, 3.63) is 90.0 Å². The van der Waals surface area contributed by atoms with Gasteiger partial charge in [-0.2, -0.15) is 0 Å². The van der Waals surface area contributed by atoms with Crippen molar-refractivity contribution in [2.24, 2.45) is 0 Å². The number of para-hydroxylation sites is 1. The molecule has 4 aromatic carbocycles. The van der Waals surface area contributed by atoms with Crippen molar-refractivity contribution in [3.63, 3.8) is 0 Å². The molecule has 0 unspecified atom stereocenters. The van der Waals surface area contributed by atoms with Gasteiger partial charge < -0.3 is 4.57 Å². The van der Waals surface area contributed by atoms with Crippen LogP contribution in [0.4, 0.5) is 0 Å². The summed E-state index contributed by atoms with van der Waals surface area (Å²) in [7, 11) is 0. The van der Waals surface area contributed by atoms with Crippen LogP contribution in [0.5, 0.6) is 0 Å². The van der Waals surface area contributed by atoms with Crippen LogP contribution in [0.1, 0.15) is 11.1 Å². The first-order valence-electron chi connectivity index (χ1n) is 9.63. The van der Waals surface area contributed by atoms with E-state index in [0.717, 1.165) is 0 Å². The van der Waals surface area contributed by atoms with Gasteiger partial charge in [0.2, 0.25) is 0 Å². The number of thiophene rings is 1. The minimum atomic E-state index is 1.24. The van der Waals surface area contributed by atoms with E-state index in [1.807, 2.05) is 11.3 Å². The Morgan fingerprint density at radius 2 is 1.39 bits per heavy atom. The zero-order valence-electron chi connectivity index (χ0n) is 15.9. The lowest BCUT2D eigenvalue weighted by molar-refractivity contribution is 1.18. The maximum Gasteiger partial charge on any atom is 0.0543 e. The molecule has 0 saturated carbocycles. The molecule has 0 atom stereocenters. The van der Waals surface area contributed by atoms with Gasteiger partial charge in [0.1, 0.15) is 0 Å². The van der Waals surface area contributed by atoms with E-state index in [2.05, 4.69) is 97.3 Å². The fraction of sp³-hybridized carbons (Fsp3) is 0.0769. The van der Waals surface area contributed by atoms with E-state index in [4.69, 9.17) is 0 Å². The number of rotatable bonds is 1. The summed E-state index contributed by atoms with van der Waals surface area (Å²) in [5.41, 5.74) is 6.45. The molecule has 2 aromatic heterocycles. The van der Waals surface area contributed by atoms with Gasteiger partial charge in [0, 0.05) is 36.6 Å². The van der Waals surface area contributed by atoms with E-state index in [1.165, 1.54) is 58.8 Å². The van der Waals surface area contributed by atoms with E-state index in [0.29, 0.717) is 0 Å². The van der Waals surface area contributed by atoms with Gasteiger partial charge in [0.25, 0.3) is 0 Å². The van der Waals surface area contributed by atoms with Crippen LogP contribution < -0.4 is 0 Å². The van der Waals surface area contributed by atoms with Crippen LogP contribution in [0.2, 0.25) is 0 Å². The molecular formula is C26H19NS. The largest absolute Gasteiger partial charge is 0.309 e. The standard InChI is InChI=1S/C26H19NS/c1-16-8-7-12-23-25(16)20-10-3-5-11-22(20)27(23)18-14-17(2)26-21(15-18)19-9-4-6-13-24(19)28-26/h3-15H,1-2H3. The van der Waals surface area contributed by atoms with E-state index >= 15 is 0 Å². The Morgan fingerprint density at radius 3 is 2.29 bits per heavy atom. The monoisotopic (exact) mass is 377 g/mol. The summed E-state index contributed by atoms with van der Waals surface area (Å²) in [5, 5.41) is 5.38. The molecule has 2 heterocycles. The quantitative estimate of drug-likeness (QED) is 0.276. The minimum absolute atomic E-state index is 1.24. The zero-order valence-corrected chi connectivity index (χ0v) is 16.7. The van der Waals surface area contributed by atoms with Gasteiger partial charge in [0.15, 0.2) is 0 Å². The molecule has 1 nitrogen and oxygen atoms in total. The smallest absolute Gasteiger partial charge is 0.0543 e. The summed E-state index contributed by atoms with van der Waals surface area (Å²) < 4.78 is 5.18. The van der Waals surface area contributed by atoms with Crippen LogP contribution >= 0.6 is 11.3 Å². The maximum absolute atomic E-state index is 2.43. The molecule has 6 rings (SSSR count). The number of hydrogen-bond acceptors (Lipinski definition) is 1. The van der Waals surface area contributed by atoms with E-state index in [1.54, 1.807) is 0 Å². The highest BCUT2D eigenvalue weighted by atomic mass is 32.1. The van der Waals surface area contributed by atoms with Gasteiger partial charge in [-0.3, -0.25) is 0 Å². The summed E-state index contributed by atoms with van der Waals surface area (Å²) in [6, 6.07) is 28.8. The number of aromatic nitrogens is 1. The number of aryl methyl sites for hydroxylation is 2. The topological polar surface area (TPSA) is 4.93 Å². The molecule has 28 heavy (non-hydrogen) atoms. The van der Waals surface area contributed by atoms with E-state index in [9.17, 15) is 0 Å². The van der Waals surface area contributed by atoms with Crippen LogP contribution in [-0.4, -0.2) is 4.57 Å². The van der Waals surface area contributed by atoms with Crippen LogP contribution in [0, 0.1) is 13.8 Å². The second-order valence-corrected chi connectivity index (χ2v) is 8.61. The molecule has 0 spiro atoms. The minimum Gasteiger partial charge on any atom is -0.309 e. The molecular weight excluding hydrogens is 358 g/mol. The summed E-state index contributed by atoms with van der Waals surface area (Å²) >= 11 is 1.89. The maximum atomic E-state index is 2.43. The lowest BCUT2D eigenvalue weighted by Crippen LogP contribution is -1.94. The fourth-order valence-corrected chi connectivity index (χ4v) is 5.74. The van der Waals surface area contributed by atoms with Crippen LogP contribution in [0.3, 0.4) is 0 Å². The Kier molecular flexibility index (Phi) is 3.24. The molecule has 0 aliphatic carbocycles. The van der Waals surface area contributed by atoms with Gasteiger partial charge >= 0.3 is 0 Å². The first kappa shape index (κ1) is 15.9. The molecule has 6 aromatic rings. The first-order valence-corrected chi connectivity index (χ1v) is 10.4. The Balaban J connectivity index is 1.80. The van der Waals surface area contributed by atoms with E-state index in [-0.39, 0.29) is 0 Å². The van der Waals surface area contributed by atoms with Crippen LogP contribution in [-0.2, 0) is 0 Å². The Bertz CT molecular complexity index is 1530. The summed E-state index contributed by atoms with van der Waals surface area (Å²) in [6.07, 6.45) is 0. The Morgan fingerprint density at radius 1 is 0.643 bits per heavy atom. The molecule has 0 radical (unpaired) electrons. The zero-order chi connectivity index (χ0) is 18.8. The average Bonchev–Trinajstić information content (AvgIpc) is 3.25. The average molecular weight is 378 g/mol. The molecule has 0 N–H and O–H groups in total. The van der Waals surface area contributed by atoms with Crippen LogP contribution in [0.15, 0.2) is 78.9 Å². The van der Waals surface area contributed by atoms with Crippen molar-refractivity contribution in [2.45, 2.75) is 13.8 Å². The van der Waals surface area contributed by atoms with Gasteiger partial charge in [0.05, 0.1) is 11.0 Å². The van der Waals surface area contributed by atoms with Gasteiger partial charge in [-0.25, -0.2) is 0 Å². The Hall–Kier alpha value is -3.10. The fourth-order valence-electron chi connectivity index (χ4n) is 4.58. The molecule has 134 valence electrons. The summed E-state index contributed by atoms with van der Waals surface area (Å²) in [4.78, 5) is 0. The second-order valence-electron chi connectivity index (χ2n) is 7.56. The van der Waals surface area contributed by atoms with Gasteiger partial charge in [-0.05, 0) is 55.3 Å². The predicted molar refractivity (Wildman–Crippen MR) is 123 cm³/mol. The SMILES string of the molecule is Cc1cc(-n2c3ccccc3c3c(C)cccc32)cc2c1sc1ccccc12. The van der Waals surface area contributed by atoms with E-state index < -0.39 is 0 Å².